The summed E-state index contributed by atoms with van der Waals surface area (Å²) in [5.74, 6) is -0.726. The summed E-state index contributed by atoms with van der Waals surface area (Å²) < 4.78 is 0. The van der Waals surface area contributed by atoms with Gasteiger partial charge < -0.3 is 25.5 Å². The molecule has 0 radical (unpaired) electrons. The van der Waals surface area contributed by atoms with E-state index in [0.29, 0.717) is 18.5 Å². The van der Waals surface area contributed by atoms with Crippen LogP contribution in [0.2, 0.25) is 0 Å². The van der Waals surface area contributed by atoms with Gasteiger partial charge in [-0.2, -0.15) is 0 Å². The molecule has 0 bridgehead atoms. The maximum absolute atomic E-state index is 12.9. The largest absolute Gasteiger partial charge is 0.480 e. The Labute approximate surface area is 163 Å². The maximum atomic E-state index is 12.9. The molecule has 0 saturated carbocycles. The molecule has 3 rings (SSSR count). The van der Waals surface area contributed by atoms with E-state index in [1.807, 2.05) is 18.2 Å². The number of terminal acetylenes is 1. The van der Waals surface area contributed by atoms with Gasteiger partial charge in [0.25, 0.3) is 5.91 Å². The molecular formula is C20H24N4O4. The first-order chi connectivity index (χ1) is 13.5. The number of piperazine rings is 1. The molecule has 2 aliphatic heterocycles. The third-order valence-electron chi connectivity index (χ3n) is 5.08. The predicted molar refractivity (Wildman–Crippen MR) is 104 cm³/mol. The summed E-state index contributed by atoms with van der Waals surface area (Å²) in [6, 6.07) is 5.95. The Bertz CT molecular complexity index is 811. The molecular weight excluding hydrogens is 360 g/mol. The second-order valence-corrected chi connectivity index (χ2v) is 6.92. The summed E-state index contributed by atoms with van der Waals surface area (Å²) in [7, 11) is 0. The van der Waals surface area contributed by atoms with Crippen molar-refractivity contribution in [2.45, 2.75) is 6.42 Å². The number of nitrogens with zero attached hydrogens (tertiary/aromatic N) is 2. The number of amides is 2. The van der Waals surface area contributed by atoms with E-state index in [0.717, 1.165) is 37.4 Å². The maximum Gasteiger partial charge on any atom is 0.320 e. The van der Waals surface area contributed by atoms with Gasteiger partial charge in [0.2, 0.25) is 5.91 Å². The van der Waals surface area contributed by atoms with E-state index in [-0.39, 0.29) is 19.0 Å². The SMILES string of the molecule is C#C[C@@H](CNC(=O)CN1CCc2ccc(N3CCNCC3)cc2C1=O)C(=O)O. The van der Waals surface area contributed by atoms with Gasteiger partial charge in [0.05, 0.1) is 6.54 Å². The Morgan fingerprint density at radius 3 is 2.71 bits per heavy atom. The van der Waals surface area contributed by atoms with Crippen LogP contribution < -0.4 is 15.5 Å². The van der Waals surface area contributed by atoms with Crippen molar-refractivity contribution in [3.8, 4) is 12.3 Å². The summed E-state index contributed by atoms with van der Waals surface area (Å²) >= 11 is 0. The van der Waals surface area contributed by atoms with Crippen molar-refractivity contribution in [1.29, 1.82) is 0 Å². The van der Waals surface area contributed by atoms with Crippen molar-refractivity contribution in [3.05, 3.63) is 29.3 Å². The Hall–Kier alpha value is -3.05. The number of rotatable bonds is 6. The lowest BCUT2D eigenvalue weighted by molar-refractivity contribution is -0.139. The summed E-state index contributed by atoms with van der Waals surface area (Å²) in [4.78, 5) is 39.7. The molecule has 0 spiro atoms. The quantitative estimate of drug-likeness (QED) is 0.574. The molecule has 0 aromatic heterocycles. The number of anilines is 1. The number of benzene rings is 1. The third-order valence-corrected chi connectivity index (χ3v) is 5.08. The molecule has 1 aromatic carbocycles. The Kier molecular flexibility index (Phi) is 6.16. The van der Waals surface area contributed by atoms with E-state index in [1.165, 1.54) is 4.90 Å². The zero-order valence-electron chi connectivity index (χ0n) is 15.6. The van der Waals surface area contributed by atoms with E-state index in [2.05, 4.69) is 21.5 Å². The first kappa shape index (κ1) is 19.7. The molecule has 2 heterocycles. The highest BCUT2D eigenvalue weighted by atomic mass is 16.4. The van der Waals surface area contributed by atoms with Crippen molar-refractivity contribution in [2.75, 3.05) is 50.7 Å². The van der Waals surface area contributed by atoms with E-state index in [1.54, 1.807) is 0 Å². The number of fused-ring (bicyclic) bond motifs is 1. The normalized spacial score (nSPS) is 17.5. The minimum absolute atomic E-state index is 0.118. The second-order valence-electron chi connectivity index (χ2n) is 6.92. The summed E-state index contributed by atoms with van der Waals surface area (Å²) in [5, 5.41) is 14.7. The number of carboxylic acid groups (broad SMARTS) is 1. The van der Waals surface area contributed by atoms with E-state index in [4.69, 9.17) is 11.5 Å². The first-order valence-electron chi connectivity index (χ1n) is 9.33. The van der Waals surface area contributed by atoms with E-state index in [9.17, 15) is 14.4 Å². The molecule has 28 heavy (non-hydrogen) atoms. The Morgan fingerprint density at radius 1 is 1.29 bits per heavy atom. The molecule has 2 amide bonds. The van der Waals surface area contributed by atoms with Gasteiger partial charge in [-0.25, -0.2) is 0 Å². The fourth-order valence-electron chi connectivity index (χ4n) is 3.44. The van der Waals surface area contributed by atoms with Crippen LogP contribution in [0.25, 0.3) is 0 Å². The highest BCUT2D eigenvalue weighted by Gasteiger charge is 2.27. The zero-order chi connectivity index (χ0) is 20.1. The Balaban J connectivity index is 1.64. The number of nitrogens with one attached hydrogen (secondary N) is 2. The predicted octanol–water partition coefficient (Wildman–Crippen LogP) is -0.455. The minimum Gasteiger partial charge on any atom is -0.480 e. The first-order valence-corrected chi connectivity index (χ1v) is 9.33. The smallest absolute Gasteiger partial charge is 0.320 e. The highest BCUT2D eigenvalue weighted by molar-refractivity contribution is 5.99. The third kappa shape index (κ3) is 4.43. The number of carbonyl (C=O) groups is 3. The average molecular weight is 384 g/mol. The standard InChI is InChI=1S/C20H24N4O4/c1-2-14(20(27)28)12-22-18(25)13-24-8-5-15-3-4-16(11-17(15)19(24)26)23-9-6-21-7-10-23/h1,3-4,11,14,21H,5-10,12-13H2,(H,22,25)(H,27,28)/t14-/m0/s1. The molecule has 0 unspecified atom stereocenters. The van der Waals surface area contributed by atoms with Gasteiger partial charge in [-0.15, -0.1) is 6.42 Å². The van der Waals surface area contributed by atoms with Gasteiger partial charge >= 0.3 is 5.97 Å². The van der Waals surface area contributed by atoms with Crippen molar-refractivity contribution < 1.29 is 19.5 Å². The van der Waals surface area contributed by atoms with Crippen molar-refractivity contribution in [2.24, 2.45) is 5.92 Å². The minimum atomic E-state index is -1.16. The van der Waals surface area contributed by atoms with Gasteiger partial charge in [0.15, 0.2) is 0 Å². The summed E-state index contributed by atoms with van der Waals surface area (Å²) in [6.07, 6.45) is 5.82. The van der Waals surface area contributed by atoms with Crippen molar-refractivity contribution in [3.63, 3.8) is 0 Å². The number of aliphatic carboxylic acids is 1. The van der Waals surface area contributed by atoms with Gasteiger partial charge in [-0.1, -0.05) is 12.0 Å². The van der Waals surface area contributed by atoms with E-state index >= 15 is 0 Å². The molecule has 0 aliphatic carbocycles. The monoisotopic (exact) mass is 384 g/mol. The number of hydrogen-bond acceptors (Lipinski definition) is 5. The number of carbonyl (C=O) groups excluding carboxylic acids is 2. The molecule has 3 N–H and O–H groups in total. The van der Waals surface area contributed by atoms with E-state index < -0.39 is 17.8 Å². The van der Waals surface area contributed by atoms with Crippen molar-refractivity contribution >= 4 is 23.5 Å². The summed E-state index contributed by atoms with van der Waals surface area (Å²) in [5.41, 5.74) is 2.62. The second kappa shape index (κ2) is 8.76. The molecule has 148 valence electrons. The summed E-state index contributed by atoms with van der Waals surface area (Å²) in [6.45, 7) is 3.77. The highest BCUT2D eigenvalue weighted by Crippen LogP contribution is 2.25. The van der Waals surface area contributed by atoms with Gasteiger partial charge in [0.1, 0.15) is 5.92 Å². The van der Waals surface area contributed by atoms with Gasteiger partial charge in [0, 0.05) is 50.5 Å². The van der Waals surface area contributed by atoms with Crippen LogP contribution in [0, 0.1) is 18.3 Å². The topological polar surface area (TPSA) is 102 Å². The fourth-order valence-corrected chi connectivity index (χ4v) is 3.44. The van der Waals surface area contributed by atoms with Crippen LogP contribution in [0.3, 0.4) is 0 Å². The molecule has 1 aromatic rings. The average Bonchev–Trinajstić information content (AvgIpc) is 2.71. The molecule has 2 aliphatic rings. The fraction of sp³-hybridized carbons (Fsp3) is 0.450. The molecule has 1 fully saturated rings. The number of hydrogen-bond donors (Lipinski definition) is 3. The lowest BCUT2D eigenvalue weighted by Gasteiger charge is -2.32. The van der Waals surface area contributed by atoms with Crippen molar-refractivity contribution in [1.82, 2.24) is 15.5 Å². The van der Waals surface area contributed by atoms with Crippen LogP contribution in [0.1, 0.15) is 15.9 Å². The Morgan fingerprint density at radius 2 is 2.04 bits per heavy atom. The van der Waals surface area contributed by atoms with Crippen LogP contribution >= 0.6 is 0 Å². The molecule has 8 nitrogen and oxygen atoms in total. The van der Waals surface area contributed by atoms with Crippen LogP contribution in [-0.4, -0.2) is 73.6 Å². The zero-order valence-corrected chi connectivity index (χ0v) is 15.6. The van der Waals surface area contributed by atoms with Crippen LogP contribution in [0.15, 0.2) is 18.2 Å². The van der Waals surface area contributed by atoms with Gasteiger partial charge in [-0.3, -0.25) is 14.4 Å². The van der Waals surface area contributed by atoms with Crippen LogP contribution in [0.4, 0.5) is 5.69 Å². The molecule has 8 heteroatoms. The van der Waals surface area contributed by atoms with Crippen LogP contribution in [-0.2, 0) is 16.0 Å². The molecule has 1 saturated heterocycles. The van der Waals surface area contributed by atoms with Crippen LogP contribution in [0.5, 0.6) is 0 Å². The lowest BCUT2D eigenvalue weighted by atomic mass is 9.97. The lowest BCUT2D eigenvalue weighted by Crippen LogP contribution is -2.46. The molecule has 1 atom stereocenters. The van der Waals surface area contributed by atoms with Gasteiger partial charge in [-0.05, 0) is 24.1 Å². The number of carboxylic acids is 1.